The summed E-state index contributed by atoms with van der Waals surface area (Å²) in [5, 5.41) is 10.7. The van der Waals surface area contributed by atoms with Gasteiger partial charge in [-0.1, -0.05) is 18.2 Å². The zero-order chi connectivity index (χ0) is 25.0. The summed E-state index contributed by atoms with van der Waals surface area (Å²) in [6, 6.07) is 11.9. The van der Waals surface area contributed by atoms with Gasteiger partial charge < -0.3 is 19.2 Å². The van der Waals surface area contributed by atoms with E-state index >= 15 is 0 Å². The molecule has 1 N–H and O–H groups in total. The van der Waals surface area contributed by atoms with Crippen molar-refractivity contribution in [2.24, 2.45) is 0 Å². The number of benzene rings is 3. The molecule has 1 amide bonds. The first kappa shape index (κ1) is 23.1. The summed E-state index contributed by atoms with van der Waals surface area (Å²) in [6.07, 6.45) is 0. The molecule has 0 bridgehead atoms. The Kier molecular flexibility index (Phi) is 5.63. The maximum Gasteiger partial charge on any atom is 0.291 e. The van der Waals surface area contributed by atoms with E-state index in [0.717, 1.165) is 11.1 Å². The fraction of sp³-hybridized carbons (Fsp3) is 0.185. The molecule has 2 heterocycles. The second-order valence-corrected chi connectivity index (χ2v) is 9.50. The van der Waals surface area contributed by atoms with Crippen LogP contribution in [0, 0.1) is 19.7 Å². The van der Waals surface area contributed by atoms with Crippen molar-refractivity contribution in [2.45, 2.75) is 26.4 Å². The van der Waals surface area contributed by atoms with Crippen LogP contribution in [0.15, 0.2) is 62.2 Å². The van der Waals surface area contributed by atoms with Crippen molar-refractivity contribution >= 4 is 32.8 Å². The van der Waals surface area contributed by atoms with E-state index in [1.165, 1.54) is 24.1 Å². The summed E-state index contributed by atoms with van der Waals surface area (Å²) >= 11 is 3.34. The topological polar surface area (TPSA) is 80.0 Å². The average molecular weight is 538 g/mol. The van der Waals surface area contributed by atoms with Crippen molar-refractivity contribution in [3.63, 3.8) is 0 Å². The van der Waals surface area contributed by atoms with Gasteiger partial charge in [-0.05, 0) is 82.4 Å². The molecule has 35 heavy (non-hydrogen) atoms. The Bertz CT molecular complexity index is 1560. The number of nitrogens with zero attached hydrogens (tertiary/aromatic N) is 1. The first-order valence-electron chi connectivity index (χ1n) is 10.9. The number of phenolic OH excluding ortho intramolecular Hbond substituents is 1. The van der Waals surface area contributed by atoms with E-state index in [4.69, 9.17) is 9.15 Å². The molecular weight excluding hydrogens is 517 g/mol. The molecular formula is C27H21BrFNO5. The number of rotatable bonds is 4. The number of carbonyl (C=O) groups is 1. The lowest BCUT2D eigenvalue weighted by Crippen LogP contribution is -2.29. The third kappa shape index (κ3) is 3.78. The predicted octanol–water partition coefficient (Wildman–Crippen LogP) is 5.77. The highest BCUT2D eigenvalue weighted by atomic mass is 79.9. The summed E-state index contributed by atoms with van der Waals surface area (Å²) in [5.74, 6) is -0.764. The van der Waals surface area contributed by atoms with Gasteiger partial charge in [-0.25, -0.2) is 4.39 Å². The standard InChI is InChI=1S/C27H21BrFNO5/c1-13-8-14(2)25-18(9-13)23(31)21-22(16-10-19(28)24(32)20(11-16)34-3)30(27(33)26(21)35-25)12-15-4-6-17(29)7-5-15/h4-11,22,32H,12H2,1-3H3. The summed E-state index contributed by atoms with van der Waals surface area (Å²) in [5.41, 5.74) is 3.20. The number of hydrogen-bond donors (Lipinski definition) is 1. The molecule has 1 unspecified atom stereocenters. The zero-order valence-corrected chi connectivity index (χ0v) is 20.8. The zero-order valence-electron chi connectivity index (χ0n) is 19.2. The third-order valence-electron chi connectivity index (χ3n) is 6.25. The van der Waals surface area contributed by atoms with Gasteiger partial charge in [-0.2, -0.15) is 0 Å². The third-order valence-corrected chi connectivity index (χ3v) is 6.85. The van der Waals surface area contributed by atoms with Crippen LogP contribution in [-0.2, 0) is 6.54 Å². The predicted molar refractivity (Wildman–Crippen MR) is 132 cm³/mol. The normalized spacial score (nSPS) is 15.1. The SMILES string of the molecule is COc1cc(C2c3c(oc4c(C)cc(C)cc4c3=O)C(=O)N2Cc2ccc(F)cc2)cc(Br)c1O. The van der Waals surface area contributed by atoms with Gasteiger partial charge in [0.15, 0.2) is 16.9 Å². The van der Waals surface area contributed by atoms with E-state index in [9.17, 15) is 19.1 Å². The van der Waals surface area contributed by atoms with Crippen molar-refractivity contribution in [1.82, 2.24) is 4.90 Å². The largest absolute Gasteiger partial charge is 0.503 e. The van der Waals surface area contributed by atoms with Crippen molar-refractivity contribution < 1.29 is 23.4 Å². The lowest BCUT2D eigenvalue weighted by molar-refractivity contribution is 0.0714. The van der Waals surface area contributed by atoms with Gasteiger partial charge in [0.25, 0.3) is 5.91 Å². The summed E-state index contributed by atoms with van der Waals surface area (Å²) in [6.45, 7) is 3.84. The van der Waals surface area contributed by atoms with Gasteiger partial charge in [0.05, 0.1) is 28.6 Å². The summed E-state index contributed by atoms with van der Waals surface area (Å²) in [7, 11) is 1.42. The monoisotopic (exact) mass is 537 g/mol. The first-order valence-corrected chi connectivity index (χ1v) is 11.7. The first-order chi connectivity index (χ1) is 16.7. The Balaban J connectivity index is 1.78. The van der Waals surface area contributed by atoms with Crippen LogP contribution in [0.5, 0.6) is 11.5 Å². The van der Waals surface area contributed by atoms with Crippen LogP contribution in [0.4, 0.5) is 4.39 Å². The van der Waals surface area contributed by atoms with Gasteiger partial charge in [0.1, 0.15) is 11.4 Å². The van der Waals surface area contributed by atoms with E-state index in [0.29, 0.717) is 26.6 Å². The van der Waals surface area contributed by atoms with Crippen molar-refractivity contribution in [3.05, 3.63) is 103 Å². The van der Waals surface area contributed by atoms with Crippen LogP contribution in [0.3, 0.4) is 0 Å². The minimum Gasteiger partial charge on any atom is -0.503 e. The fourth-order valence-electron chi connectivity index (χ4n) is 4.68. The highest BCUT2D eigenvalue weighted by Crippen LogP contribution is 2.44. The molecule has 1 atom stereocenters. The Labute approximate surface area is 208 Å². The number of carbonyl (C=O) groups excluding carboxylic acids is 1. The van der Waals surface area contributed by atoms with Crippen LogP contribution in [0.1, 0.15) is 44.4 Å². The van der Waals surface area contributed by atoms with E-state index in [2.05, 4.69) is 15.9 Å². The second kappa shape index (κ2) is 8.53. The van der Waals surface area contributed by atoms with Crippen molar-refractivity contribution in [1.29, 1.82) is 0 Å². The smallest absolute Gasteiger partial charge is 0.291 e. The molecule has 0 fully saturated rings. The molecule has 3 aromatic carbocycles. The Hall–Kier alpha value is -3.65. The van der Waals surface area contributed by atoms with Gasteiger partial charge in [-0.3, -0.25) is 9.59 Å². The van der Waals surface area contributed by atoms with Gasteiger partial charge in [-0.15, -0.1) is 0 Å². The lowest BCUT2D eigenvalue weighted by atomic mass is 9.97. The highest BCUT2D eigenvalue weighted by Gasteiger charge is 2.43. The molecule has 0 aliphatic carbocycles. The van der Waals surface area contributed by atoms with Gasteiger partial charge in [0.2, 0.25) is 5.76 Å². The van der Waals surface area contributed by atoms with Gasteiger partial charge in [0, 0.05) is 6.54 Å². The number of phenols is 1. The number of fused-ring (bicyclic) bond motifs is 2. The highest BCUT2D eigenvalue weighted by molar-refractivity contribution is 9.10. The van der Waals surface area contributed by atoms with Crippen molar-refractivity contribution in [3.8, 4) is 11.5 Å². The minimum absolute atomic E-state index is 0.0234. The number of hydrogen-bond acceptors (Lipinski definition) is 5. The number of halogens is 2. The number of aromatic hydroxyl groups is 1. The number of ether oxygens (including phenoxy) is 1. The molecule has 0 saturated carbocycles. The number of aryl methyl sites for hydroxylation is 2. The van der Waals surface area contributed by atoms with Crippen molar-refractivity contribution in [2.75, 3.05) is 7.11 Å². The molecule has 0 radical (unpaired) electrons. The minimum atomic E-state index is -0.810. The van der Waals surface area contributed by atoms with Crippen LogP contribution >= 0.6 is 15.9 Å². The maximum absolute atomic E-state index is 13.8. The Morgan fingerprint density at radius 3 is 2.51 bits per heavy atom. The summed E-state index contributed by atoms with van der Waals surface area (Å²) < 4.78 is 25.3. The maximum atomic E-state index is 13.8. The molecule has 1 aliphatic rings. The van der Waals surface area contributed by atoms with Crippen LogP contribution in [0.2, 0.25) is 0 Å². The van der Waals surface area contributed by atoms with E-state index < -0.39 is 11.9 Å². The second-order valence-electron chi connectivity index (χ2n) is 8.65. The summed E-state index contributed by atoms with van der Waals surface area (Å²) in [4.78, 5) is 29.0. The molecule has 6 nitrogen and oxygen atoms in total. The molecule has 0 saturated heterocycles. The molecule has 1 aromatic heterocycles. The van der Waals surface area contributed by atoms with E-state index in [1.807, 2.05) is 19.9 Å². The Morgan fingerprint density at radius 1 is 1.11 bits per heavy atom. The molecule has 4 aromatic rings. The molecule has 8 heteroatoms. The number of amides is 1. The fourth-order valence-corrected chi connectivity index (χ4v) is 5.14. The molecule has 1 aliphatic heterocycles. The molecule has 0 spiro atoms. The quantitative estimate of drug-likeness (QED) is 0.357. The molecule has 178 valence electrons. The van der Waals surface area contributed by atoms with Crippen LogP contribution in [-0.4, -0.2) is 23.0 Å². The van der Waals surface area contributed by atoms with Gasteiger partial charge >= 0.3 is 0 Å². The average Bonchev–Trinajstić information content (AvgIpc) is 3.09. The van der Waals surface area contributed by atoms with Crippen LogP contribution < -0.4 is 10.2 Å². The number of methoxy groups -OCH3 is 1. The van der Waals surface area contributed by atoms with Crippen LogP contribution in [0.25, 0.3) is 11.0 Å². The molecule has 5 rings (SSSR count). The lowest BCUT2D eigenvalue weighted by Gasteiger charge is -2.26. The van der Waals surface area contributed by atoms with E-state index in [-0.39, 0.29) is 40.6 Å². The Morgan fingerprint density at radius 2 is 1.83 bits per heavy atom. The van der Waals surface area contributed by atoms with E-state index in [1.54, 1.807) is 30.3 Å².